The second-order valence-corrected chi connectivity index (χ2v) is 19.6. The van der Waals surface area contributed by atoms with Crippen LogP contribution >= 0.6 is 0 Å². The first-order chi connectivity index (χ1) is 29.4. The van der Waals surface area contributed by atoms with Gasteiger partial charge in [0.2, 0.25) is 0 Å². The maximum atomic E-state index is 13.3. The molecule has 1 aliphatic heterocycles. The highest BCUT2D eigenvalue weighted by atomic mass is 16.5. The van der Waals surface area contributed by atoms with Gasteiger partial charge in [0, 0.05) is 13.1 Å². The summed E-state index contributed by atoms with van der Waals surface area (Å²) in [5.41, 5.74) is 0. The Balaban J connectivity index is 2.66. The van der Waals surface area contributed by atoms with Crippen LogP contribution in [0.3, 0.4) is 0 Å². The van der Waals surface area contributed by atoms with Crippen LogP contribution in [0.2, 0.25) is 0 Å². The fourth-order valence-corrected chi connectivity index (χ4v) is 9.30. The molecule has 6 nitrogen and oxygen atoms in total. The summed E-state index contributed by atoms with van der Waals surface area (Å²) in [7, 11) is 2.22. The molecule has 0 aromatic carbocycles. The number of nitrogens with zero attached hydrogens (tertiary/aromatic N) is 2. The van der Waals surface area contributed by atoms with E-state index in [0.29, 0.717) is 51.0 Å². The lowest BCUT2D eigenvalue weighted by atomic mass is 9.93. The van der Waals surface area contributed by atoms with Crippen molar-refractivity contribution in [3.05, 3.63) is 0 Å². The highest BCUT2D eigenvalue weighted by molar-refractivity contribution is 5.70. The number of hydrogen-bond acceptors (Lipinski definition) is 6. The predicted molar refractivity (Wildman–Crippen MR) is 260 cm³/mol. The lowest BCUT2D eigenvalue weighted by molar-refractivity contribution is -0.145. The Bertz CT molecular complexity index is 861. The molecule has 1 aliphatic rings. The molecule has 0 N–H and O–H groups in total. The molecule has 1 heterocycles. The predicted octanol–water partition coefficient (Wildman–Crippen LogP) is 15.7. The zero-order chi connectivity index (χ0) is 43.6. The molecule has 0 spiro atoms. The Morgan fingerprint density at radius 2 is 0.767 bits per heavy atom. The van der Waals surface area contributed by atoms with E-state index in [9.17, 15) is 9.59 Å². The highest BCUT2D eigenvalue weighted by Gasteiger charge is 2.20. The Labute approximate surface area is 375 Å². The molecular formula is C54H106N2O4. The van der Waals surface area contributed by atoms with Crippen molar-refractivity contribution in [1.29, 1.82) is 0 Å². The molecule has 0 bridgehead atoms. The summed E-state index contributed by atoms with van der Waals surface area (Å²) in [5, 5.41) is 0. The Morgan fingerprint density at radius 3 is 1.08 bits per heavy atom. The molecule has 0 aromatic heterocycles. The van der Waals surface area contributed by atoms with Crippen molar-refractivity contribution < 1.29 is 19.1 Å². The standard InChI is InChI=1S/C54H106N2O4/c1-6-10-14-18-22-24-28-32-36-51(34-30-26-20-16-12-8-3)48-59-53(57)41-46-56(45-40-50-38-43-55(5)44-39-50)47-42-54(58)60-49-52(35-31-27-21-17-13-9-4)37-33-29-25-23-19-15-11-7-2/h50-52H,6-49H2,1-5H3. The van der Waals surface area contributed by atoms with E-state index in [1.54, 1.807) is 0 Å². The molecule has 1 saturated heterocycles. The largest absolute Gasteiger partial charge is 0.465 e. The lowest BCUT2D eigenvalue weighted by Crippen LogP contribution is -2.34. The van der Waals surface area contributed by atoms with Crippen LogP contribution in [-0.4, -0.2) is 74.7 Å². The summed E-state index contributed by atoms with van der Waals surface area (Å²) in [5.74, 6) is 1.56. The first-order valence-electron chi connectivity index (χ1n) is 27.1. The second-order valence-electron chi connectivity index (χ2n) is 19.6. The van der Waals surface area contributed by atoms with Crippen LogP contribution in [0.5, 0.6) is 0 Å². The molecule has 0 saturated carbocycles. The van der Waals surface area contributed by atoms with Crippen molar-refractivity contribution in [2.75, 3.05) is 53.0 Å². The molecule has 2 atom stereocenters. The van der Waals surface area contributed by atoms with Gasteiger partial charge < -0.3 is 19.3 Å². The number of esters is 2. The van der Waals surface area contributed by atoms with E-state index in [4.69, 9.17) is 9.47 Å². The zero-order valence-electron chi connectivity index (χ0n) is 41.4. The quantitative estimate of drug-likeness (QED) is 0.0449. The Morgan fingerprint density at radius 1 is 0.467 bits per heavy atom. The van der Waals surface area contributed by atoms with E-state index in [1.807, 2.05) is 0 Å². The van der Waals surface area contributed by atoms with Gasteiger partial charge in [0.25, 0.3) is 0 Å². The van der Waals surface area contributed by atoms with E-state index >= 15 is 0 Å². The van der Waals surface area contributed by atoms with Gasteiger partial charge in [-0.15, -0.1) is 0 Å². The van der Waals surface area contributed by atoms with Crippen molar-refractivity contribution in [1.82, 2.24) is 9.80 Å². The maximum Gasteiger partial charge on any atom is 0.307 e. The van der Waals surface area contributed by atoms with Gasteiger partial charge in [-0.25, -0.2) is 0 Å². The SMILES string of the molecule is CCCCCCCCCCC(CCCCCCCC)COC(=O)CCN(CCC(=O)OCC(CCCCCCCC)CCCCCCCCCC)CCC1CCN(C)CC1. The molecule has 356 valence electrons. The highest BCUT2D eigenvalue weighted by Crippen LogP contribution is 2.23. The first kappa shape index (κ1) is 56.9. The average molecular weight is 847 g/mol. The van der Waals surface area contributed by atoms with Crippen LogP contribution in [0.1, 0.15) is 265 Å². The number of hydrogen-bond donors (Lipinski definition) is 0. The van der Waals surface area contributed by atoms with Crippen molar-refractivity contribution in [3.63, 3.8) is 0 Å². The number of carbonyl (C=O) groups is 2. The molecule has 0 amide bonds. The number of ether oxygens (including phenoxy) is 2. The molecule has 0 aromatic rings. The lowest BCUT2D eigenvalue weighted by Gasteiger charge is -2.31. The molecule has 6 heteroatoms. The van der Waals surface area contributed by atoms with Gasteiger partial charge in [-0.05, 0) is 89.4 Å². The Hall–Kier alpha value is -1.14. The fraction of sp³-hybridized carbons (Fsp3) is 0.963. The van der Waals surface area contributed by atoms with Gasteiger partial charge in [0.1, 0.15) is 0 Å². The first-order valence-corrected chi connectivity index (χ1v) is 27.1. The summed E-state index contributed by atoms with van der Waals surface area (Å²) < 4.78 is 12.1. The average Bonchev–Trinajstić information content (AvgIpc) is 3.25. The zero-order valence-corrected chi connectivity index (χ0v) is 41.4. The fourth-order valence-electron chi connectivity index (χ4n) is 9.30. The van der Waals surface area contributed by atoms with Crippen LogP contribution < -0.4 is 0 Å². The third kappa shape index (κ3) is 36.4. The van der Waals surface area contributed by atoms with Gasteiger partial charge in [-0.2, -0.15) is 0 Å². The van der Waals surface area contributed by atoms with E-state index in [-0.39, 0.29) is 11.9 Å². The van der Waals surface area contributed by atoms with Crippen molar-refractivity contribution in [3.8, 4) is 0 Å². The van der Waals surface area contributed by atoms with Crippen LogP contribution in [0.25, 0.3) is 0 Å². The van der Waals surface area contributed by atoms with Gasteiger partial charge in [-0.1, -0.05) is 207 Å². The molecule has 60 heavy (non-hydrogen) atoms. The van der Waals surface area contributed by atoms with Gasteiger partial charge >= 0.3 is 11.9 Å². The summed E-state index contributed by atoms with van der Waals surface area (Å²) >= 11 is 0. The minimum Gasteiger partial charge on any atom is -0.465 e. The van der Waals surface area contributed by atoms with Crippen LogP contribution in [0, 0.1) is 17.8 Å². The number of carbonyl (C=O) groups excluding carboxylic acids is 2. The molecule has 1 rings (SSSR count). The maximum absolute atomic E-state index is 13.3. The minimum absolute atomic E-state index is 0.0655. The van der Waals surface area contributed by atoms with E-state index in [0.717, 1.165) is 18.9 Å². The minimum atomic E-state index is -0.0655. The molecule has 1 fully saturated rings. The van der Waals surface area contributed by atoms with E-state index in [1.165, 1.54) is 231 Å². The second kappa shape index (κ2) is 43.1. The van der Waals surface area contributed by atoms with Crippen molar-refractivity contribution in [2.24, 2.45) is 17.8 Å². The van der Waals surface area contributed by atoms with Gasteiger partial charge in [-0.3, -0.25) is 9.59 Å². The number of unbranched alkanes of at least 4 members (excludes halogenated alkanes) is 24. The number of likely N-dealkylation sites (tertiary alicyclic amines) is 1. The third-order valence-corrected chi connectivity index (χ3v) is 13.8. The monoisotopic (exact) mass is 847 g/mol. The van der Waals surface area contributed by atoms with Crippen molar-refractivity contribution >= 4 is 11.9 Å². The van der Waals surface area contributed by atoms with Crippen molar-refractivity contribution in [2.45, 2.75) is 265 Å². The van der Waals surface area contributed by atoms with Crippen LogP contribution in [0.15, 0.2) is 0 Å². The topological polar surface area (TPSA) is 59.1 Å². The van der Waals surface area contributed by atoms with Gasteiger partial charge in [0.05, 0.1) is 26.1 Å². The molecule has 0 aliphatic carbocycles. The molecular weight excluding hydrogens is 741 g/mol. The van der Waals surface area contributed by atoms with E-state index in [2.05, 4.69) is 44.5 Å². The summed E-state index contributed by atoms with van der Waals surface area (Å²) in [6, 6.07) is 0. The number of rotatable bonds is 45. The summed E-state index contributed by atoms with van der Waals surface area (Å²) in [6.45, 7) is 14.9. The third-order valence-electron chi connectivity index (χ3n) is 13.8. The Kier molecular flexibility index (Phi) is 40.9. The van der Waals surface area contributed by atoms with Gasteiger partial charge in [0.15, 0.2) is 0 Å². The van der Waals surface area contributed by atoms with E-state index < -0.39 is 0 Å². The normalized spacial score (nSPS) is 14.8. The molecule has 2 unspecified atom stereocenters. The number of piperidine rings is 1. The molecule has 0 radical (unpaired) electrons. The summed E-state index contributed by atoms with van der Waals surface area (Å²) in [4.78, 5) is 31.3. The van der Waals surface area contributed by atoms with Crippen LogP contribution in [0.4, 0.5) is 0 Å². The smallest absolute Gasteiger partial charge is 0.307 e. The summed E-state index contributed by atoms with van der Waals surface area (Å²) in [6.07, 6.45) is 46.3. The van der Waals surface area contributed by atoms with Crippen LogP contribution in [-0.2, 0) is 19.1 Å².